The molecule has 0 bridgehead atoms. The Morgan fingerprint density at radius 3 is 1.43 bits per heavy atom. The van der Waals surface area contributed by atoms with Gasteiger partial charge in [0.1, 0.15) is 11.2 Å². The molecule has 0 unspecified atom stereocenters. The van der Waals surface area contributed by atoms with Crippen LogP contribution in [0, 0.1) is 6.92 Å². The molecule has 0 aliphatic rings. The first kappa shape index (κ1) is 33.2. The minimum Gasteiger partial charge on any atom is -0.456 e. The number of benzene rings is 8. The normalized spacial score (nSPS) is 11.3. The molecule has 2 aromatic heterocycles. The van der Waals surface area contributed by atoms with Crippen molar-refractivity contribution in [1.82, 2.24) is 15.0 Å². The van der Waals surface area contributed by atoms with Crippen LogP contribution in [0.1, 0.15) is 5.56 Å². The molecule has 4 nitrogen and oxygen atoms in total. The van der Waals surface area contributed by atoms with Crippen molar-refractivity contribution in [2.45, 2.75) is 6.92 Å². The van der Waals surface area contributed by atoms with Crippen molar-refractivity contribution < 1.29 is 4.42 Å². The van der Waals surface area contributed by atoms with Gasteiger partial charge in [-0.1, -0.05) is 175 Å². The Labute approximate surface area is 325 Å². The lowest BCUT2D eigenvalue weighted by atomic mass is 9.96. The molecule has 8 aromatic carbocycles. The number of aryl methyl sites for hydroxylation is 1. The van der Waals surface area contributed by atoms with E-state index in [1.165, 1.54) is 16.7 Å². The fourth-order valence-corrected chi connectivity index (χ4v) is 7.55. The van der Waals surface area contributed by atoms with Crippen molar-refractivity contribution in [2.75, 3.05) is 0 Å². The Bertz CT molecular complexity index is 3000. The van der Waals surface area contributed by atoms with E-state index in [-0.39, 0.29) is 0 Å². The molecule has 4 heteroatoms. The second-order valence-corrected chi connectivity index (χ2v) is 14.1. The Morgan fingerprint density at radius 1 is 0.321 bits per heavy atom. The lowest BCUT2D eigenvalue weighted by molar-refractivity contribution is 0.669. The summed E-state index contributed by atoms with van der Waals surface area (Å²) in [5.74, 6) is 1.80. The van der Waals surface area contributed by atoms with E-state index in [2.05, 4.69) is 183 Å². The molecule has 0 saturated heterocycles. The Morgan fingerprint density at radius 2 is 0.786 bits per heavy atom. The number of fused-ring (bicyclic) bond motifs is 3. The maximum atomic E-state index is 6.56. The molecule has 0 amide bonds. The van der Waals surface area contributed by atoms with E-state index in [0.29, 0.717) is 17.5 Å². The summed E-state index contributed by atoms with van der Waals surface area (Å²) in [6, 6.07) is 67.6. The maximum Gasteiger partial charge on any atom is 0.164 e. The van der Waals surface area contributed by atoms with Crippen LogP contribution in [0.5, 0.6) is 0 Å². The summed E-state index contributed by atoms with van der Waals surface area (Å²) >= 11 is 0. The third kappa shape index (κ3) is 6.33. The molecule has 264 valence electrons. The number of hydrogen-bond acceptors (Lipinski definition) is 4. The molecule has 0 saturated carbocycles. The number of furan rings is 1. The molecule has 0 atom stereocenters. The second kappa shape index (κ2) is 14.1. The van der Waals surface area contributed by atoms with Crippen molar-refractivity contribution in [3.8, 4) is 78.7 Å². The number of aromatic nitrogens is 3. The average molecular weight is 718 g/mol. The van der Waals surface area contributed by atoms with Gasteiger partial charge in [-0.2, -0.15) is 0 Å². The highest BCUT2D eigenvalue weighted by Gasteiger charge is 2.17. The third-order valence-corrected chi connectivity index (χ3v) is 10.4. The predicted molar refractivity (Wildman–Crippen MR) is 230 cm³/mol. The summed E-state index contributed by atoms with van der Waals surface area (Å²) in [6.45, 7) is 2.11. The van der Waals surface area contributed by atoms with Crippen molar-refractivity contribution in [2.24, 2.45) is 0 Å². The van der Waals surface area contributed by atoms with Gasteiger partial charge in [0.25, 0.3) is 0 Å². The molecular weight excluding hydrogens is 683 g/mol. The quantitative estimate of drug-likeness (QED) is 0.165. The van der Waals surface area contributed by atoms with Gasteiger partial charge in [-0.15, -0.1) is 0 Å². The summed E-state index contributed by atoms with van der Waals surface area (Å²) in [5, 5.41) is 2.13. The van der Waals surface area contributed by atoms with Crippen molar-refractivity contribution >= 4 is 21.9 Å². The standard InChI is InChI=1S/C52H35N3O/c1-34-11-8-16-41(31-34)42-17-9-18-43(32-42)51-53-50(40-27-23-38(24-28-40)36-14-6-3-7-15-36)54-52(55-51)44-29-30-46-48(33-44)56-47-20-10-19-45(49(46)47)39-25-21-37(22-26-39)35-12-4-2-5-13-35/h2-33H,1H3. The van der Waals surface area contributed by atoms with Gasteiger partial charge in [0.15, 0.2) is 17.5 Å². The predicted octanol–water partition coefficient (Wildman–Crippen LogP) is 13.7. The van der Waals surface area contributed by atoms with Gasteiger partial charge in [-0.05, 0) is 75.7 Å². The summed E-state index contributed by atoms with van der Waals surface area (Å²) < 4.78 is 6.56. The van der Waals surface area contributed by atoms with E-state index in [9.17, 15) is 0 Å². The van der Waals surface area contributed by atoms with Gasteiger partial charge in [0.2, 0.25) is 0 Å². The highest BCUT2D eigenvalue weighted by molar-refractivity contribution is 6.13. The van der Waals surface area contributed by atoms with Crippen LogP contribution in [-0.4, -0.2) is 15.0 Å². The zero-order valence-corrected chi connectivity index (χ0v) is 30.7. The minimum atomic E-state index is 0.581. The number of rotatable bonds is 7. The summed E-state index contributed by atoms with van der Waals surface area (Å²) in [5.41, 5.74) is 14.7. The molecule has 0 aliphatic heterocycles. The van der Waals surface area contributed by atoms with Gasteiger partial charge >= 0.3 is 0 Å². The van der Waals surface area contributed by atoms with E-state index < -0.39 is 0 Å². The number of nitrogens with zero attached hydrogens (tertiary/aromatic N) is 3. The number of hydrogen-bond donors (Lipinski definition) is 0. The molecule has 10 rings (SSSR count). The largest absolute Gasteiger partial charge is 0.456 e. The van der Waals surface area contributed by atoms with E-state index >= 15 is 0 Å². The zero-order valence-electron chi connectivity index (χ0n) is 30.7. The molecule has 56 heavy (non-hydrogen) atoms. The smallest absolute Gasteiger partial charge is 0.164 e. The van der Waals surface area contributed by atoms with Gasteiger partial charge < -0.3 is 4.42 Å². The first-order valence-electron chi connectivity index (χ1n) is 18.8. The summed E-state index contributed by atoms with van der Waals surface area (Å²) in [7, 11) is 0. The van der Waals surface area contributed by atoms with Crippen LogP contribution in [0.25, 0.3) is 101 Å². The van der Waals surface area contributed by atoms with E-state index in [1.54, 1.807) is 0 Å². The summed E-state index contributed by atoms with van der Waals surface area (Å²) in [6.07, 6.45) is 0. The SMILES string of the molecule is Cc1cccc(-c2cccc(-c3nc(-c4ccc(-c5ccccc5)cc4)nc(-c4ccc5c(c4)oc4cccc(-c6ccc(-c7ccccc7)cc6)c45)n3)c2)c1. The van der Waals surface area contributed by atoms with Crippen LogP contribution in [0.15, 0.2) is 199 Å². The van der Waals surface area contributed by atoms with Crippen LogP contribution in [0.4, 0.5) is 0 Å². The maximum absolute atomic E-state index is 6.56. The molecule has 0 spiro atoms. The topological polar surface area (TPSA) is 51.8 Å². The lowest BCUT2D eigenvalue weighted by Gasteiger charge is -2.10. The molecule has 0 aliphatic carbocycles. The van der Waals surface area contributed by atoms with Crippen molar-refractivity contribution in [3.05, 3.63) is 200 Å². The fraction of sp³-hybridized carbons (Fsp3) is 0.0192. The Kier molecular flexibility index (Phi) is 8.34. The summed E-state index contributed by atoms with van der Waals surface area (Å²) in [4.78, 5) is 15.3. The van der Waals surface area contributed by atoms with Crippen LogP contribution in [0.3, 0.4) is 0 Å². The first-order chi connectivity index (χ1) is 27.6. The molecule has 0 fully saturated rings. The molecule has 0 radical (unpaired) electrons. The minimum absolute atomic E-state index is 0.581. The zero-order chi connectivity index (χ0) is 37.4. The molecular formula is C52H35N3O. The van der Waals surface area contributed by atoms with Gasteiger partial charge in [0.05, 0.1) is 0 Å². The fourth-order valence-electron chi connectivity index (χ4n) is 7.55. The van der Waals surface area contributed by atoms with Gasteiger partial charge in [0, 0.05) is 27.5 Å². The van der Waals surface area contributed by atoms with E-state index in [0.717, 1.165) is 72.0 Å². The van der Waals surface area contributed by atoms with Crippen LogP contribution < -0.4 is 0 Å². The van der Waals surface area contributed by atoms with Crippen molar-refractivity contribution in [1.29, 1.82) is 0 Å². The van der Waals surface area contributed by atoms with Crippen LogP contribution in [-0.2, 0) is 0 Å². The van der Waals surface area contributed by atoms with Gasteiger partial charge in [-0.3, -0.25) is 0 Å². The third-order valence-electron chi connectivity index (χ3n) is 10.4. The molecule has 10 aromatic rings. The molecule has 2 heterocycles. The van der Waals surface area contributed by atoms with Gasteiger partial charge in [-0.25, -0.2) is 15.0 Å². The highest BCUT2D eigenvalue weighted by atomic mass is 16.3. The van der Waals surface area contributed by atoms with E-state index in [1.807, 2.05) is 18.2 Å². The Balaban J connectivity index is 1.07. The second-order valence-electron chi connectivity index (χ2n) is 14.1. The average Bonchev–Trinajstić information content (AvgIpc) is 3.65. The molecule has 0 N–H and O–H groups in total. The van der Waals surface area contributed by atoms with Crippen molar-refractivity contribution in [3.63, 3.8) is 0 Å². The Hall–Kier alpha value is -7.43. The first-order valence-corrected chi connectivity index (χ1v) is 18.8. The highest BCUT2D eigenvalue weighted by Crippen LogP contribution is 2.39. The monoisotopic (exact) mass is 717 g/mol. The van der Waals surface area contributed by atoms with Crippen LogP contribution in [0.2, 0.25) is 0 Å². The lowest BCUT2D eigenvalue weighted by Crippen LogP contribution is -2.00. The van der Waals surface area contributed by atoms with Crippen LogP contribution >= 0.6 is 0 Å². The van der Waals surface area contributed by atoms with E-state index in [4.69, 9.17) is 19.4 Å².